The number of hydrogen-bond acceptors (Lipinski definition) is 4. The molecule has 2 fully saturated rings. The molecule has 17 heavy (non-hydrogen) atoms. The summed E-state index contributed by atoms with van der Waals surface area (Å²) in [6.07, 6.45) is 4.57. The van der Waals surface area contributed by atoms with E-state index in [0.29, 0.717) is 12.2 Å². The molecule has 0 aliphatic carbocycles. The van der Waals surface area contributed by atoms with Crippen molar-refractivity contribution < 1.29 is 4.74 Å². The van der Waals surface area contributed by atoms with Gasteiger partial charge in [-0.25, -0.2) is 0 Å². The standard InChI is InChI=1S/C13H27N3O/c1-12-3-4-13(17-12)11-16-9-7-15(8-10-16)6-2-5-14/h12-13H,2-11,14H2,1H3. The fourth-order valence-electron chi connectivity index (χ4n) is 2.82. The average Bonchev–Trinajstić information content (AvgIpc) is 2.74. The maximum atomic E-state index is 5.88. The maximum Gasteiger partial charge on any atom is 0.0706 e. The van der Waals surface area contributed by atoms with Gasteiger partial charge in [-0.15, -0.1) is 0 Å². The summed E-state index contributed by atoms with van der Waals surface area (Å²) in [7, 11) is 0. The molecule has 0 amide bonds. The monoisotopic (exact) mass is 241 g/mol. The lowest BCUT2D eigenvalue weighted by Crippen LogP contribution is -2.48. The van der Waals surface area contributed by atoms with Gasteiger partial charge >= 0.3 is 0 Å². The van der Waals surface area contributed by atoms with Crippen LogP contribution in [0.4, 0.5) is 0 Å². The van der Waals surface area contributed by atoms with Gasteiger partial charge in [0.05, 0.1) is 12.2 Å². The molecule has 4 nitrogen and oxygen atoms in total. The largest absolute Gasteiger partial charge is 0.374 e. The molecule has 4 heteroatoms. The molecule has 2 aliphatic rings. The van der Waals surface area contributed by atoms with Gasteiger partial charge in [-0.2, -0.15) is 0 Å². The van der Waals surface area contributed by atoms with Crippen LogP contribution < -0.4 is 5.73 Å². The molecule has 2 unspecified atom stereocenters. The number of rotatable bonds is 5. The lowest BCUT2D eigenvalue weighted by molar-refractivity contribution is 0.0192. The van der Waals surface area contributed by atoms with Gasteiger partial charge < -0.3 is 15.4 Å². The van der Waals surface area contributed by atoms with Crippen molar-refractivity contribution in [3.05, 3.63) is 0 Å². The molecule has 2 rings (SSSR count). The second-order valence-corrected chi connectivity index (χ2v) is 5.43. The predicted octanol–water partition coefficient (Wildman–Crippen LogP) is 0.520. The van der Waals surface area contributed by atoms with E-state index in [1.54, 1.807) is 0 Å². The highest BCUT2D eigenvalue weighted by Gasteiger charge is 2.25. The summed E-state index contributed by atoms with van der Waals surface area (Å²) in [6, 6.07) is 0. The van der Waals surface area contributed by atoms with Crippen molar-refractivity contribution >= 4 is 0 Å². The number of ether oxygens (including phenoxy) is 1. The predicted molar refractivity (Wildman–Crippen MR) is 70.1 cm³/mol. The van der Waals surface area contributed by atoms with Crippen molar-refractivity contribution in [1.82, 2.24) is 9.80 Å². The fourth-order valence-corrected chi connectivity index (χ4v) is 2.82. The molecule has 0 saturated carbocycles. The number of nitrogens with zero attached hydrogens (tertiary/aromatic N) is 2. The maximum absolute atomic E-state index is 5.88. The molecule has 2 atom stereocenters. The van der Waals surface area contributed by atoms with Crippen molar-refractivity contribution in [1.29, 1.82) is 0 Å². The van der Waals surface area contributed by atoms with E-state index in [-0.39, 0.29) is 0 Å². The van der Waals surface area contributed by atoms with Crippen molar-refractivity contribution in [3.8, 4) is 0 Å². The molecule has 2 N–H and O–H groups in total. The first kappa shape index (κ1) is 13.3. The van der Waals surface area contributed by atoms with Gasteiger partial charge in [-0.05, 0) is 39.3 Å². The van der Waals surface area contributed by atoms with Gasteiger partial charge in [0.25, 0.3) is 0 Å². The van der Waals surface area contributed by atoms with Crippen LogP contribution in [-0.4, -0.2) is 67.8 Å². The highest BCUT2D eigenvalue weighted by Crippen LogP contribution is 2.20. The lowest BCUT2D eigenvalue weighted by atomic mass is 10.2. The molecule has 0 radical (unpaired) electrons. The third-order valence-corrected chi connectivity index (χ3v) is 3.93. The minimum atomic E-state index is 0.478. The Labute approximate surface area is 105 Å². The van der Waals surface area contributed by atoms with Crippen molar-refractivity contribution in [2.24, 2.45) is 5.73 Å². The summed E-state index contributed by atoms with van der Waals surface area (Å²) < 4.78 is 5.88. The molecular formula is C13H27N3O. The van der Waals surface area contributed by atoms with Crippen LogP contribution in [0.25, 0.3) is 0 Å². The Hall–Kier alpha value is -0.160. The van der Waals surface area contributed by atoms with Crippen LogP contribution in [0.3, 0.4) is 0 Å². The average molecular weight is 241 g/mol. The van der Waals surface area contributed by atoms with Gasteiger partial charge in [-0.1, -0.05) is 0 Å². The molecule has 0 spiro atoms. The molecule has 2 saturated heterocycles. The third kappa shape index (κ3) is 4.21. The number of piperazine rings is 1. The fraction of sp³-hybridized carbons (Fsp3) is 1.00. The minimum absolute atomic E-state index is 0.478. The van der Waals surface area contributed by atoms with Crippen LogP contribution in [-0.2, 0) is 4.74 Å². The van der Waals surface area contributed by atoms with Gasteiger partial charge in [-0.3, -0.25) is 4.90 Å². The molecule has 0 aromatic heterocycles. The van der Waals surface area contributed by atoms with Crippen LogP contribution in [0.1, 0.15) is 26.2 Å². The Kier molecular flexibility index (Phi) is 5.22. The van der Waals surface area contributed by atoms with Gasteiger partial charge in [0.15, 0.2) is 0 Å². The van der Waals surface area contributed by atoms with E-state index >= 15 is 0 Å². The van der Waals surface area contributed by atoms with E-state index < -0.39 is 0 Å². The van der Waals surface area contributed by atoms with E-state index in [2.05, 4.69) is 16.7 Å². The topological polar surface area (TPSA) is 41.7 Å². The molecule has 0 aromatic rings. The zero-order valence-electron chi connectivity index (χ0n) is 11.1. The highest BCUT2D eigenvalue weighted by molar-refractivity contribution is 4.78. The SMILES string of the molecule is CC1CCC(CN2CCN(CCCN)CC2)O1. The number of hydrogen-bond donors (Lipinski definition) is 1. The number of nitrogens with two attached hydrogens (primary N) is 1. The Morgan fingerprint density at radius 3 is 2.41 bits per heavy atom. The van der Waals surface area contributed by atoms with E-state index in [9.17, 15) is 0 Å². The van der Waals surface area contributed by atoms with Crippen LogP contribution in [0, 0.1) is 0 Å². The van der Waals surface area contributed by atoms with E-state index in [4.69, 9.17) is 10.5 Å². The minimum Gasteiger partial charge on any atom is -0.374 e. The van der Waals surface area contributed by atoms with E-state index in [1.165, 1.54) is 45.6 Å². The van der Waals surface area contributed by atoms with Gasteiger partial charge in [0, 0.05) is 32.7 Å². The smallest absolute Gasteiger partial charge is 0.0706 e. The van der Waals surface area contributed by atoms with E-state index in [1.807, 2.05) is 0 Å². The first-order valence-electron chi connectivity index (χ1n) is 7.08. The molecule has 2 aliphatic heterocycles. The Balaban J connectivity index is 1.62. The lowest BCUT2D eigenvalue weighted by Gasteiger charge is -2.35. The van der Waals surface area contributed by atoms with Crippen molar-refractivity contribution in [3.63, 3.8) is 0 Å². The Morgan fingerprint density at radius 1 is 1.12 bits per heavy atom. The normalized spacial score (nSPS) is 32.1. The summed E-state index contributed by atoms with van der Waals surface area (Å²) in [4.78, 5) is 5.09. The third-order valence-electron chi connectivity index (χ3n) is 3.93. The van der Waals surface area contributed by atoms with E-state index in [0.717, 1.165) is 19.5 Å². The summed E-state index contributed by atoms with van der Waals surface area (Å²) in [6.45, 7) is 10.1. The molecule has 0 bridgehead atoms. The Bertz CT molecular complexity index is 217. The first-order valence-corrected chi connectivity index (χ1v) is 7.08. The van der Waals surface area contributed by atoms with Crippen LogP contribution in [0.5, 0.6) is 0 Å². The molecular weight excluding hydrogens is 214 g/mol. The summed E-state index contributed by atoms with van der Waals surface area (Å²) >= 11 is 0. The van der Waals surface area contributed by atoms with Gasteiger partial charge in [0.2, 0.25) is 0 Å². The van der Waals surface area contributed by atoms with Crippen molar-refractivity contribution in [2.45, 2.75) is 38.4 Å². The molecule has 2 heterocycles. The zero-order valence-corrected chi connectivity index (χ0v) is 11.1. The second kappa shape index (κ2) is 6.69. The van der Waals surface area contributed by atoms with Crippen LogP contribution in [0.15, 0.2) is 0 Å². The summed E-state index contributed by atoms with van der Waals surface area (Å²) in [5.74, 6) is 0. The summed E-state index contributed by atoms with van der Waals surface area (Å²) in [5.41, 5.74) is 5.54. The summed E-state index contributed by atoms with van der Waals surface area (Å²) in [5, 5.41) is 0. The molecule has 100 valence electrons. The second-order valence-electron chi connectivity index (χ2n) is 5.43. The first-order chi connectivity index (χ1) is 8.28. The van der Waals surface area contributed by atoms with Crippen molar-refractivity contribution in [2.75, 3.05) is 45.8 Å². The van der Waals surface area contributed by atoms with Gasteiger partial charge in [0.1, 0.15) is 0 Å². The zero-order chi connectivity index (χ0) is 12.1. The quantitative estimate of drug-likeness (QED) is 0.762. The highest BCUT2D eigenvalue weighted by atomic mass is 16.5. The van der Waals surface area contributed by atoms with Crippen LogP contribution in [0.2, 0.25) is 0 Å². The molecule has 0 aromatic carbocycles. The van der Waals surface area contributed by atoms with Crippen LogP contribution >= 0.6 is 0 Å². The Morgan fingerprint density at radius 2 is 1.82 bits per heavy atom.